The van der Waals surface area contributed by atoms with E-state index in [1.54, 1.807) is 4.52 Å². The maximum Gasteiger partial charge on any atom is 0.243 e. The summed E-state index contributed by atoms with van der Waals surface area (Å²) in [5, 5.41) is 12.1. The Labute approximate surface area is 131 Å². The van der Waals surface area contributed by atoms with Crippen LogP contribution in [0.2, 0.25) is 0 Å². The quantitative estimate of drug-likeness (QED) is 0.720. The van der Waals surface area contributed by atoms with E-state index in [4.69, 9.17) is 0 Å². The lowest BCUT2D eigenvalue weighted by Crippen LogP contribution is -2.09. The van der Waals surface area contributed by atoms with Crippen LogP contribution in [0.25, 0.3) is 5.65 Å². The third kappa shape index (κ3) is 3.24. The van der Waals surface area contributed by atoms with Crippen LogP contribution in [0.3, 0.4) is 0 Å². The van der Waals surface area contributed by atoms with Crippen molar-refractivity contribution in [3.8, 4) is 0 Å². The van der Waals surface area contributed by atoms with Gasteiger partial charge in [0, 0.05) is 29.5 Å². The van der Waals surface area contributed by atoms with Gasteiger partial charge in [0.25, 0.3) is 0 Å². The number of nitrogens with zero attached hydrogens (tertiary/aromatic N) is 5. The summed E-state index contributed by atoms with van der Waals surface area (Å²) in [6.45, 7) is 5.80. The second-order valence-corrected chi connectivity index (χ2v) is 5.93. The fourth-order valence-electron chi connectivity index (χ4n) is 2.26. The van der Waals surface area contributed by atoms with Crippen molar-refractivity contribution >= 4 is 27.5 Å². The van der Waals surface area contributed by atoms with E-state index in [0.29, 0.717) is 5.95 Å². The highest BCUT2D eigenvalue weighted by atomic mass is 79.9. The average molecular weight is 349 g/mol. The first-order valence-electron chi connectivity index (χ1n) is 6.89. The molecule has 0 unspecified atom stereocenters. The Morgan fingerprint density at radius 2 is 2.10 bits per heavy atom. The lowest BCUT2D eigenvalue weighted by Gasteiger charge is -2.04. The molecular weight excluding hydrogens is 332 g/mol. The number of hydrogen-bond acceptors (Lipinski definition) is 4. The molecule has 3 aromatic heterocycles. The zero-order chi connectivity index (χ0) is 14.8. The van der Waals surface area contributed by atoms with Gasteiger partial charge in [0.1, 0.15) is 0 Å². The Kier molecular flexibility index (Phi) is 3.92. The normalized spacial score (nSPS) is 11.2. The van der Waals surface area contributed by atoms with Gasteiger partial charge in [-0.3, -0.25) is 4.68 Å². The summed E-state index contributed by atoms with van der Waals surface area (Å²) in [5.41, 5.74) is 3.09. The van der Waals surface area contributed by atoms with Gasteiger partial charge in [-0.2, -0.15) is 10.1 Å². The molecule has 6 nitrogen and oxygen atoms in total. The fraction of sp³-hybridized carbons (Fsp3) is 0.357. The monoisotopic (exact) mass is 348 g/mol. The molecule has 3 aromatic rings. The van der Waals surface area contributed by atoms with Crippen LogP contribution in [-0.4, -0.2) is 30.9 Å². The smallest absolute Gasteiger partial charge is 0.243 e. The summed E-state index contributed by atoms with van der Waals surface area (Å²) >= 11 is 3.42. The molecule has 0 spiro atoms. The van der Waals surface area contributed by atoms with Gasteiger partial charge in [-0.1, -0.05) is 0 Å². The van der Waals surface area contributed by atoms with Gasteiger partial charge in [0.05, 0.1) is 5.69 Å². The van der Waals surface area contributed by atoms with Gasteiger partial charge in [-0.25, -0.2) is 4.52 Å². The number of anilines is 1. The summed E-state index contributed by atoms with van der Waals surface area (Å²) in [7, 11) is 0. The molecule has 3 heterocycles. The number of halogens is 1. The molecular formula is C14H17BrN6. The van der Waals surface area contributed by atoms with Crippen molar-refractivity contribution < 1.29 is 0 Å². The Balaban J connectivity index is 1.55. The second kappa shape index (κ2) is 5.85. The molecule has 110 valence electrons. The first kappa shape index (κ1) is 14.1. The molecule has 0 fully saturated rings. The highest BCUT2D eigenvalue weighted by Crippen LogP contribution is 2.12. The maximum absolute atomic E-state index is 4.45. The predicted octanol–water partition coefficient (Wildman–Crippen LogP) is 2.81. The van der Waals surface area contributed by atoms with Gasteiger partial charge in [-0.15, -0.1) is 5.10 Å². The number of aryl methyl sites for hydroxylation is 3. The van der Waals surface area contributed by atoms with Crippen molar-refractivity contribution in [1.29, 1.82) is 0 Å². The van der Waals surface area contributed by atoms with Gasteiger partial charge in [0.15, 0.2) is 5.65 Å². The maximum atomic E-state index is 4.45. The first-order valence-corrected chi connectivity index (χ1v) is 7.68. The molecule has 0 bridgehead atoms. The van der Waals surface area contributed by atoms with Crippen LogP contribution in [0, 0.1) is 13.8 Å². The summed E-state index contributed by atoms with van der Waals surface area (Å²) < 4.78 is 4.77. The van der Waals surface area contributed by atoms with Crippen LogP contribution >= 0.6 is 15.9 Å². The minimum absolute atomic E-state index is 0.654. The number of nitrogens with one attached hydrogen (secondary N) is 1. The van der Waals surface area contributed by atoms with Gasteiger partial charge >= 0.3 is 0 Å². The molecule has 0 aliphatic rings. The van der Waals surface area contributed by atoms with Gasteiger partial charge in [-0.05, 0) is 54.4 Å². The highest BCUT2D eigenvalue weighted by Gasteiger charge is 2.04. The molecule has 0 saturated heterocycles. The standard InChI is InChI=1S/C14H17BrN6/c1-10-8-11(2)20(18-10)7-3-6-16-14-17-13-5-4-12(15)9-21(13)19-14/h4-5,8-9H,3,6-7H2,1-2H3,(H,16,19). The molecule has 0 aliphatic carbocycles. The SMILES string of the molecule is Cc1cc(C)n(CCCNc2nc3ccc(Br)cn3n2)n1. The summed E-state index contributed by atoms with van der Waals surface area (Å²) in [5.74, 6) is 0.654. The van der Waals surface area contributed by atoms with Crippen molar-refractivity contribution in [2.45, 2.75) is 26.8 Å². The van der Waals surface area contributed by atoms with Crippen LogP contribution in [0.4, 0.5) is 5.95 Å². The number of hydrogen-bond donors (Lipinski definition) is 1. The van der Waals surface area contributed by atoms with Crippen LogP contribution in [0.1, 0.15) is 17.8 Å². The summed E-state index contributed by atoms with van der Waals surface area (Å²) in [4.78, 5) is 4.42. The molecule has 0 aliphatic heterocycles. The third-order valence-corrected chi connectivity index (χ3v) is 3.70. The molecule has 1 N–H and O–H groups in total. The minimum Gasteiger partial charge on any atom is -0.353 e. The topological polar surface area (TPSA) is 60.0 Å². The van der Waals surface area contributed by atoms with Crippen molar-refractivity contribution in [2.24, 2.45) is 0 Å². The lowest BCUT2D eigenvalue weighted by molar-refractivity contribution is 0.573. The van der Waals surface area contributed by atoms with E-state index in [-0.39, 0.29) is 0 Å². The van der Waals surface area contributed by atoms with E-state index in [2.05, 4.69) is 49.4 Å². The largest absolute Gasteiger partial charge is 0.353 e. The second-order valence-electron chi connectivity index (χ2n) is 5.02. The summed E-state index contributed by atoms with van der Waals surface area (Å²) in [6, 6.07) is 5.98. The minimum atomic E-state index is 0.654. The van der Waals surface area contributed by atoms with Gasteiger partial charge < -0.3 is 5.32 Å². The number of pyridine rings is 1. The van der Waals surface area contributed by atoms with Crippen LogP contribution < -0.4 is 5.32 Å². The van der Waals surface area contributed by atoms with E-state index in [1.807, 2.05) is 29.9 Å². The number of fused-ring (bicyclic) bond motifs is 1. The van der Waals surface area contributed by atoms with Crippen molar-refractivity contribution in [3.05, 3.63) is 40.3 Å². The molecule has 0 aromatic carbocycles. The Morgan fingerprint density at radius 3 is 2.86 bits per heavy atom. The van der Waals surface area contributed by atoms with E-state index in [9.17, 15) is 0 Å². The van der Waals surface area contributed by atoms with E-state index in [0.717, 1.165) is 35.3 Å². The fourth-order valence-corrected chi connectivity index (χ4v) is 2.59. The van der Waals surface area contributed by atoms with E-state index >= 15 is 0 Å². The molecule has 3 rings (SSSR count). The Bertz CT molecular complexity index is 760. The van der Waals surface area contributed by atoms with Crippen LogP contribution in [0.15, 0.2) is 28.9 Å². The molecule has 7 heteroatoms. The zero-order valence-corrected chi connectivity index (χ0v) is 13.6. The van der Waals surface area contributed by atoms with Crippen LogP contribution in [0.5, 0.6) is 0 Å². The molecule has 21 heavy (non-hydrogen) atoms. The third-order valence-electron chi connectivity index (χ3n) is 3.23. The number of aromatic nitrogens is 5. The van der Waals surface area contributed by atoms with Crippen molar-refractivity contribution in [2.75, 3.05) is 11.9 Å². The first-order chi connectivity index (χ1) is 10.1. The van der Waals surface area contributed by atoms with E-state index < -0.39 is 0 Å². The molecule has 0 amide bonds. The molecule has 0 radical (unpaired) electrons. The van der Waals surface area contributed by atoms with Crippen LogP contribution in [-0.2, 0) is 6.54 Å². The average Bonchev–Trinajstić information content (AvgIpc) is 2.97. The molecule has 0 saturated carbocycles. The number of rotatable bonds is 5. The lowest BCUT2D eigenvalue weighted by atomic mass is 10.4. The summed E-state index contributed by atoms with van der Waals surface area (Å²) in [6.07, 6.45) is 2.87. The Hall–Kier alpha value is -1.89. The molecule has 0 atom stereocenters. The zero-order valence-electron chi connectivity index (χ0n) is 12.0. The predicted molar refractivity (Wildman–Crippen MR) is 85.5 cm³/mol. The highest BCUT2D eigenvalue weighted by molar-refractivity contribution is 9.10. The van der Waals surface area contributed by atoms with Crippen molar-refractivity contribution in [1.82, 2.24) is 24.4 Å². The van der Waals surface area contributed by atoms with Crippen molar-refractivity contribution in [3.63, 3.8) is 0 Å². The van der Waals surface area contributed by atoms with E-state index in [1.165, 1.54) is 5.69 Å². The Morgan fingerprint density at radius 1 is 1.24 bits per heavy atom. The van der Waals surface area contributed by atoms with Gasteiger partial charge in [0.2, 0.25) is 5.95 Å².